The van der Waals surface area contributed by atoms with Crippen molar-refractivity contribution < 1.29 is 9.47 Å². The van der Waals surface area contributed by atoms with Crippen LogP contribution in [0, 0.1) is 0 Å². The second kappa shape index (κ2) is 4.07. The van der Waals surface area contributed by atoms with Crippen LogP contribution in [-0.2, 0) is 17.6 Å². The number of methoxy groups -OCH3 is 1. The third-order valence-electron chi connectivity index (χ3n) is 3.58. The van der Waals surface area contributed by atoms with Gasteiger partial charge in [0.1, 0.15) is 5.75 Å². The van der Waals surface area contributed by atoms with Crippen molar-refractivity contribution in [3.05, 3.63) is 29.3 Å². The highest BCUT2D eigenvalue weighted by Crippen LogP contribution is 2.31. The Morgan fingerprint density at radius 3 is 3.19 bits per heavy atom. The van der Waals surface area contributed by atoms with Gasteiger partial charge in [-0.1, -0.05) is 12.1 Å². The highest BCUT2D eigenvalue weighted by molar-refractivity contribution is 5.43. The largest absolute Gasteiger partial charge is 0.496 e. The maximum absolute atomic E-state index is 5.82. The van der Waals surface area contributed by atoms with E-state index in [0.29, 0.717) is 12.1 Å². The maximum atomic E-state index is 5.82. The average Bonchev–Trinajstić information content (AvgIpc) is 2.35. The lowest BCUT2D eigenvalue weighted by Crippen LogP contribution is -2.52. The Morgan fingerprint density at radius 2 is 2.31 bits per heavy atom. The van der Waals surface area contributed by atoms with E-state index in [2.05, 4.69) is 17.4 Å². The Bertz CT molecular complexity index is 392. The molecule has 3 rings (SSSR count). The van der Waals surface area contributed by atoms with E-state index < -0.39 is 0 Å². The first-order valence-corrected chi connectivity index (χ1v) is 5.88. The molecule has 0 unspecified atom stereocenters. The first-order chi connectivity index (χ1) is 7.88. The minimum absolute atomic E-state index is 0.317. The second-order valence-corrected chi connectivity index (χ2v) is 4.48. The number of ether oxygens (including phenoxy) is 2. The average molecular weight is 219 g/mol. The number of benzene rings is 1. The highest BCUT2D eigenvalue weighted by atomic mass is 16.5. The summed E-state index contributed by atoms with van der Waals surface area (Å²) in [7, 11) is 1.74. The molecule has 0 saturated carbocycles. The van der Waals surface area contributed by atoms with Gasteiger partial charge in [-0.25, -0.2) is 0 Å². The zero-order valence-corrected chi connectivity index (χ0v) is 9.53. The van der Waals surface area contributed by atoms with Crippen LogP contribution in [0.3, 0.4) is 0 Å². The molecule has 1 fully saturated rings. The molecule has 1 heterocycles. The molecule has 3 nitrogen and oxygen atoms in total. The van der Waals surface area contributed by atoms with Gasteiger partial charge < -0.3 is 14.8 Å². The molecule has 3 heteroatoms. The third kappa shape index (κ3) is 1.60. The van der Waals surface area contributed by atoms with Crippen molar-refractivity contribution in [1.82, 2.24) is 5.32 Å². The normalized spacial score (nSPS) is 28.1. The van der Waals surface area contributed by atoms with Crippen molar-refractivity contribution in [3.8, 4) is 5.75 Å². The Kier molecular flexibility index (Phi) is 2.58. The lowest BCUT2D eigenvalue weighted by molar-refractivity contribution is -0.00773. The smallest absolute Gasteiger partial charge is 0.122 e. The van der Waals surface area contributed by atoms with Crippen LogP contribution < -0.4 is 10.1 Å². The fraction of sp³-hybridized carbons (Fsp3) is 0.538. The van der Waals surface area contributed by atoms with E-state index >= 15 is 0 Å². The summed E-state index contributed by atoms with van der Waals surface area (Å²) in [5.41, 5.74) is 2.73. The van der Waals surface area contributed by atoms with E-state index in [9.17, 15) is 0 Å². The molecule has 1 aromatic rings. The van der Waals surface area contributed by atoms with E-state index in [1.807, 2.05) is 6.07 Å². The Hall–Kier alpha value is -1.06. The molecule has 1 aromatic carbocycles. The molecule has 16 heavy (non-hydrogen) atoms. The Balaban J connectivity index is 1.95. The van der Waals surface area contributed by atoms with Gasteiger partial charge in [-0.15, -0.1) is 0 Å². The van der Waals surface area contributed by atoms with Crippen LogP contribution in [0.4, 0.5) is 0 Å². The number of hydrogen-bond donors (Lipinski definition) is 1. The van der Waals surface area contributed by atoms with E-state index in [1.54, 1.807) is 7.11 Å². The van der Waals surface area contributed by atoms with E-state index in [-0.39, 0.29) is 0 Å². The van der Waals surface area contributed by atoms with Gasteiger partial charge in [-0.3, -0.25) is 0 Å². The molecule has 1 saturated heterocycles. The predicted molar refractivity (Wildman–Crippen MR) is 61.9 cm³/mol. The van der Waals surface area contributed by atoms with Crippen molar-refractivity contribution in [3.63, 3.8) is 0 Å². The molecular formula is C13H17NO2. The molecule has 86 valence electrons. The standard InChI is InChI=1S/C13H17NO2/c1-15-12-4-2-3-9-7-11-13(8-10(9)12)16-6-5-14-11/h2-4,11,13-14H,5-8H2,1H3/t11-,13-/m1/s1. The number of nitrogens with one attached hydrogen (secondary N) is 1. The minimum Gasteiger partial charge on any atom is -0.496 e. The first-order valence-electron chi connectivity index (χ1n) is 5.88. The number of morpholine rings is 1. The van der Waals surface area contributed by atoms with Gasteiger partial charge in [0.25, 0.3) is 0 Å². The fourth-order valence-electron chi connectivity index (χ4n) is 2.77. The summed E-state index contributed by atoms with van der Waals surface area (Å²) in [6, 6.07) is 6.79. The van der Waals surface area contributed by atoms with Crippen LogP contribution in [0.25, 0.3) is 0 Å². The fourth-order valence-corrected chi connectivity index (χ4v) is 2.77. The number of rotatable bonds is 1. The molecule has 0 bridgehead atoms. The van der Waals surface area contributed by atoms with E-state index in [1.165, 1.54) is 11.1 Å². The maximum Gasteiger partial charge on any atom is 0.122 e. The van der Waals surface area contributed by atoms with Crippen LogP contribution in [-0.4, -0.2) is 32.4 Å². The van der Waals surface area contributed by atoms with Gasteiger partial charge in [0, 0.05) is 19.0 Å². The zero-order valence-electron chi connectivity index (χ0n) is 9.53. The monoisotopic (exact) mass is 219 g/mol. The Labute approximate surface area is 95.8 Å². The molecule has 2 atom stereocenters. The summed E-state index contributed by atoms with van der Waals surface area (Å²) in [6.07, 6.45) is 2.34. The topological polar surface area (TPSA) is 30.5 Å². The molecule has 1 aliphatic carbocycles. The molecule has 0 radical (unpaired) electrons. The summed E-state index contributed by atoms with van der Waals surface area (Å²) in [5, 5.41) is 3.53. The lowest BCUT2D eigenvalue weighted by atomic mass is 9.85. The lowest BCUT2D eigenvalue weighted by Gasteiger charge is -2.37. The van der Waals surface area contributed by atoms with Gasteiger partial charge in [-0.05, 0) is 23.6 Å². The second-order valence-electron chi connectivity index (χ2n) is 4.48. The van der Waals surface area contributed by atoms with Crippen LogP contribution in [0.5, 0.6) is 5.75 Å². The first kappa shape index (κ1) is 10.1. The summed E-state index contributed by atoms with van der Waals surface area (Å²) in [6.45, 7) is 1.80. The van der Waals surface area contributed by atoms with Gasteiger partial charge in [0.05, 0.1) is 19.8 Å². The quantitative estimate of drug-likeness (QED) is 0.768. The van der Waals surface area contributed by atoms with Crippen molar-refractivity contribution >= 4 is 0 Å². The predicted octanol–water partition coefficient (Wildman–Crippen LogP) is 1.15. The molecule has 0 aromatic heterocycles. The minimum atomic E-state index is 0.317. The Morgan fingerprint density at radius 1 is 1.38 bits per heavy atom. The van der Waals surface area contributed by atoms with Gasteiger partial charge in [0.2, 0.25) is 0 Å². The van der Waals surface area contributed by atoms with Crippen molar-refractivity contribution in [1.29, 1.82) is 0 Å². The summed E-state index contributed by atoms with van der Waals surface area (Å²) >= 11 is 0. The third-order valence-corrected chi connectivity index (χ3v) is 3.58. The number of hydrogen-bond acceptors (Lipinski definition) is 3. The molecule has 0 amide bonds. The van der Waals surface area contributed by atoms with Gasteiger partial charge >= 0.3 is 0 Å². The molecule has 1 N–H and O–H groups in total. The van der Waals surface area contributed by atoms with E-state index in [4.69, 9.17) is 9.47 Å². The van der Waals surface area contributed by atoms with Crippen molar-refractivity contribution in [2.75, 3.05) is 20.3 Å². The van der Waals surface area contributed by atoms with Crippen LogP contribution >= 0.6 is 0 Å². The molecule has 0 spiro atoms. The van der Waals surface area contributed by atoms with E-state index in [0.717, 1.165) is 31.7 Å². The summed E-state index contributed by atoms with van der Waals surface area (Å²) < 4.78 is 11.2. The summed E-state index contributed by atoms with van der Waals surface area (Å²) in [5.74, 6) is 1.00. The van der Waals surface area contributed by atoms with Crippen LogP contribution in [0.1, 0.15) is 11.1 Å². The molecular weight excluding hydrogens is 202 g/mol. The van der Waals surface area contributed by atoms with Gasteiger partial charge in [0.15, 0.2) is 0 Å². The van der Waals surface area contributed by atoms with Crippen molar-refractivity contribution in [2.45, 2.75) is 25.0 Å². The zero-order chi connectivity index (χ0) is 11.0. The molecule has 2 aliphatic rings. The van der Waals surface area contributed by atoms with Gasteiger partial charge in [-0.2, -0.15) is 0 Å². The molecule has 1 aliphatic heterocycles. The van der Waals surface area contributed by atoms with Crippen LogP contribution in [0.15, 0.2) is 18.2 Å². The van der Waals surface area contributed by atoms with Crippen molar-refractivity contribution in [2.24, 2.45) is 0 Å². The highest BCUT2D eigenvalue weighted by Gasteiger charge is 2.32. The SMILES string of the molecule is COc1cccc2c1C[C@H]1OCCN[C@@H]1C2. The summed E-state index contributed by atoms with van der Waals surface area (Å²) in [4.78, 5) is 0. The number of fused-ring (bicyclic) bond motifs is 2. The van der Waals surface area contributed by atoms with Crippen LogP contribution in [0.2, 0.25) is 0 Å².